The van der Waals surface area contributed by atoms with Gasteiger partial charge in [0.05, 0.1) is 12.4 Å². The van der Waals surface area contributed by atoms with Gasteiger partial charge in [-0.2, -0.15) is 0 Å². The SMILES string of the molecule is CC(C)C(NC(=O)C(N)Cc1cnc[nH]1)C(=O)NC(Cc1ccccc1)C(=O)NC(CCC(N)=O)C(=O)O. The van der Waals surface area contributed by atoms with E-state index in [1.165, 1.54) is 6.33 Å². The molecule has 1 heterocycles. The third-order valence-corrected chi connectivity index (χ3v) is 5.79. The largest absolute Gasteiger partial charge is 0.480 e. The molecule has 4 atom stereocenters. The van der Waals surface area contributed by atoms with Crippen molar-refractivity contribution in [3.05, 3.63) is 54.1 Å². The molecule has 13 nitrogen and oxygen atoms in total. The van der Waals surface area contributed by atoms with Crippen molar-refractivity contribution in [2.75, 3.05) is 0 Å². The summed E-state index contributed by atoms with van der Waals surface area (Å²) in [5.41, 5.74) is 12.5. The van der Waals surface area contributed by atoms with Crippen LogP contribution < -0.4 is 27.4 Å². The Morgan fingerprint density at radius 3 is 2.16 bits per heavy atom. The third-order valence-electron chi connectivity index (χ3n) is 5.79. The zero-order valence-corrected chi connectivity index (χ0v) is 21.3. The van der Waals surface area contributed by atoms with E-state index in [0.29, 0.717) is 11.3 Å². The Bertz CT molecular complexity index is 1090. The van der Waals surface area contributed by atoms with Crippen LogP contribution in [0.1, 0.15) is 37.9 Å². The molecule has 9 N–H and O–H groups in total. The van der Waals surface area contributed by atoms with Gasteiger partial charge in [0, 0.05) is 31.2 Å². The fourth-order valence-corrected chi connectivity index (χ4v) is 3.66. The lowest BCUT2D eigenvalue weighted by atomic mass is 10.00. The van der Waals surface area contributed by atoms with Crippen molar-refractivity contribution in [3.8, 4) is 0 Å². The van der Waals surface area contributed by atoms with Crippen LogP contribution in [0, 0.1) is 5.92 Å². The number of amides is 4. The van der Waals surface area contributed by atoms with Crippen LogP contribution in [0.15, 0.2) is 42.9 Å². The maximum Gasteiger partial charge on any atom is 0.326 e. The Morgan fingerprint density at radius 2 is 1.61 bits per heavy atom. The monoisotopic (exact) mass is 529 g/mol. The van der Waals surface area contributed by atoms with Crippen molar-refractivity contribution in [1.82, 2.24) is 25.9 Å². The van der Waals surface area contributed by atoms with Crippen molar-refractivity contribution < 1.29 is 29.1 Å². The molecule has 0 saturated heterocycles. The number of benzene rings is 1. The van der Waals surface area contributed by atoms with Gasteiger partial charge in [-0.1, -0.05) is 44.2 Å². The second kappa shape index (κ2) is 14.5. The number of nitrogens with one attached hydrogen (secondary N) is 4. The van der Waals surface area contributed by atoms with E-state index in [4.69, 9.17) is 11.5 Å². The number of nitrogens with zero attached hydrogens (tertiary/aromatic N) is 1. The maximum atomic E-state index is 13.3. The van der Waals surface area contributed by atoms with Crippen LogP contribution >= 0.6 is 0 Å². The van der Waals surface area contributed by atoms with E-state index in [1.807, 2.05) is 0 Å². The molecule has 1 aromatic carbocycles. The Kier molecular flexibility index (Phi) is 11.4. The van der Waals surface area contributed by atoms with Gasteiger partial charge in [-0.3, -0.25) is 19.2 Å². The second-order valence-electron chi connectivity index (χ2n) is 9.27. The normalized spacial score (nSPS) is 14.1. The molecule has 38 heavy (non-hydrogen) atoms. The van der Waals surface area contributed by atoms with E-state index in [0.717, 1.165) is 0 Å². The molecular weight excluding hydrogens is 494 g/mol. The number of hydrogen-bond donors (Lipinski definition) is 7. The van der Waals surface area contributed by atoms with Crippen molar-refractivity contribution in [1.29, 1.82) is 0 Å². The van der Waals surface area contributed by atoms with Gasteiger partial charge in [0.15, 0.2) is 0 Å². The fourth-order valence-electron chi connectivity index (χ4n) is 3.66. The number of hydrogen-bond acceptors (Lipinski definition) is 7. The molecule has 1 aromatic heterocycles. The number of H-pyrrole nitrogens is 1. The van der Waals surface area contributed by atoms with E-state index in [1.54, 1.807) is 50.4 Å². The predicted octanol–water partition coefficient (Wildman–Crippen LogP) is -1.02. The van der Waals surface area contributed by atoms with Crippen molar-refractivity contribution in [2.24, 2.45) is 17.4 Å². The second-order valence-corrected chi connectivity index (χ2v) is 9.27. The molecule has 0 aliphatic heterocycles. The molecule has 0 aliphatic rings. The molecule has 0 saturated carbocycles. The first-order valence-electron chi connectivity index (χ1n) is 12.2. The Hall–Kier alpha value is -4.26. The summed E-state index contributed by atoms with van der Waals surface area (Å²) in [6.07, 6.45) is 2.79. The Morgan fingerprint density at radius 1 is 0.947 bits per heavy atom. The van der Waals surface area contributed by atoms with Crippen LogP contribution in [-0.4, -0.2) is 68.8 Å². The lowest BCUT2D eigenvalue weighted by molar-refractivity contribution is -0.142. The molecule has 206 valence electrons. The average Bonchev–Trinajstić information content (AvgIpc) is 3.37. The first kappa shape index (κ1) is 30.0. The summed E-state index contributed by atoms with van der Waals surface area (Å²) in [6, 6.07) is 4.30. The third kappa shape index (κ3) is 9.65. The van der Waals surface area contributed by atoms with Crippen LogP contribution in [0.2, 0.25) is 0 Å². The number of nitrogens with two attached hydrogens (primary N) is 2. The van der Waals surface area contributed by atoms with E-state index in [-0.39, 0.29) is 31.6 Å². The Labute approximate surface area is 220 Å². The van der Waals surface area contributed by atoms with Crippen LogP contribution in [0.5, 0.6) is 0 Å². The summed E-state index contributed by atoms with van der Waals surface area (Å²) in [4.78, 5) is 68.6. The molecule has 0 bridgehead atoms. The van der Waals surface area contributed by atoms with Crippen LogP contribution in [0.25, 0.3) is 0 Å². The molecule has 0 aliphatic carbocycles. The first-order chi connectivity index (χ1) is 18.0. The highest BCUT2D eigenvalue weighted by Gasteiger charge is 2.32. The Balaban J connectivity index is 2.17. The maximum absolute atomic E-state index is 13.3. The lowest BCUT2D eigenvalue weighted by Crippen LogP contribution is -2.59. The van der Waals surface area contributed by atoms with Crippen molar-refractivity contribution >= 4 is 29.6 Å². The standard InChI is InChI=1S/C25H35N7O6/c1-14(2)21(32-22(34)17(26)11-16-12-28-13-29-16)24(36)31-19(10-15-6-4-3-5-7-15)23(35)30-18(25(37)38)8-9-20(27)33/h3-7,12-14,17-19,21H,8-11,26H2,1-2H3,(H2,27,33)(H,28,29)(H,30,35)(H,31,36)(H,32,34)(H,37,38). The molecule has 0 fully saturated rings. The zero-order chi connectivity index (χ0) is 28.2. The highest BCUT2D eigenvalue weighted by Crippen LogP contribution is 2.09. The van der Waals surface area contributed by atoms with Gasteiger partial charge >= 0.3 is 5.97 Å². The molecule has 4 unspecified atom stereocenters. The summed E-state index contributed by atoms with van der Waals surface area (Å²) in [5.74, 6) is -4.37. The highest BCUT2D eigenvalue weighted by atomic mass is 16.4. The summed E-state index contributed by atoms with van der Waals surface area (Å²) in [5, 5.41) is 17.1. The van der Waals surface area contributed by atoms with Gasteiger partial charge in [0.2, 0.25) is 23.6 Å². The molecule has 13 heteroatoms. The number of primary amides is 1. The number of carbonyl (C=O) groups is 5. The van der Waals surface area contributed by atoms with E-state index in [9.17, 15) is 29.1 Å². The van der Waals surface area contributed by atoms with Gasteiger partial charge in [0.25, 0.3) is 0 Å². The van der Waals surface area contributed by atoms with Gasteiger partial charge < -0.3 is 37.5 Å². The number of aromatic amines is 1. The van der Waals surface area contributed by atoms with Crippen LogP contribution in [0.3, 0.4) is 0 Å². The van der Waals surface area contributed by atoms with Gasteiger partial charge in [-0.05, 0) is 17.9 Å². The summed E-state index contributed by atoms with van der Waals surface area (Å²) < 4.78 is 0. The molecule has 4 amide bonds. The van der Waals surface area contributed by atoms with Crippen LogP contribution in [0.4, 0.5) is 0 Å². The van der Waals surface area contributed by atoms with Crippen LogP contribution in [-0.2, 0) is 36.8 Å². The predicted molar refractivity (Wildman–Crippen MR) is 137 cm³/mol. The number of rotatable bonds is 15. The minimum Gasteiger partial charge on any atom is -0.480 e. The van der Waals surface area contributed by atoms with Gasteiger partial charge in [-0.25, -0.2) is 9.78 Å². The minimum atomic E-state index is -1.38. The quantitative estimate of drug-likeness (QED) is 0.151. The van der Waals surface area contributed by atoms with Gasteiger partial charge in [0.1, 0.15) is 18.1 Å². The number of aliphatic carboxylic acids is 1. The van der Waals surface area contributed by atoms with Gasteiger partial charge in [-0.15, -0.1) is 0 Å². The smallest absolute Gasteiger partial charge is 0.326 e. The average molecular weight is 530 g/mol. The van der Waals surface area contributed by atoms with E-state index >= 15 is 0 Å². The first-order valence-corrected chi connectivity index (χ1v) is 12.2. The number of imidazole rings is 1. The number of carbonyl (C=O) groups excluding carboxylic acids is 4. The number of carboxylic acid groups (broad SMARTS) is 1. The van der Waals surface area contributed by atoms with Crippen molar-refractivity contribution in [3.63, 3.8) is 0 Å². The van der Waals surface area contributed by atoms with E-state index in [2.05, 4.69) is 25.9 Å². The molecular formula is C25H35N7O6. The van der Waals surface area contributed by atoms with Crippen molar-refractivity contribution in [2.45, 2.75) is 63.7 Å². The fraction of sp³-hybridized carbons (Fsp3) is 0.440. The molecule has 2 rings (SSSR count). The highest BCUT2D eigenvalue weighted by molar-refractivity contribution is 5.94. The molecule has 2 aromatic rings. The summed E-state index contributed by atoms with van der Waals surface area (Å²) >= 11 is 0. The molecule has 0 spiro atoms. The summed E-state index contributed by atoms with van der Waals surface area (Å²) in [7, 11) is 0. The minimum absolute atomic E-state index is 0.0542. The summed E-state index contributed by atoms with van der Waals surface area (Å²) in [6.45, 7) is 3.45. The van der Waals surface area contributed by atoms with E-state index < -0.39 is 53.8 Å². The number of carboxylic acids is 1. The lowest BCUT2D eigenvalue weighted by Gasteiger charge is -2.27. The molecule has 0 radical (unpaired) electrons. The number of aromatic nitrogens is 2. The topological polar surface area (TPSA) is 222 Å². The zero-order valence-electron chi connectivity index (χ0n) is 21.3.